The molecule has 5 heteroatoms. The number of benzene rings is 1. The fourth-order valence-corrected chi connectivity index (χ4v) is 2.09. The average Bonchev–Trinajstić information content (AvgIpc) is 2.40. The van der Waals surface area contributed by atoms with Crippen LogP contribution in [0.2, 0.25) is 5.15 Å². The zero-order chi connectivity index (χ0) is 13.8. The first-order valence-corrected chi connectivity index (χ1v) is 6.86. The Kier molecular flexibility index (Phi) is 4.56. The van der Waals surface area contributed by atoms with Crippen LogP contribution in [0.4, 0.5) is 0 Å². The van der Waals surface area contributed by atoms with E-state index in [1.54, 1.807) is 30.1 Å². The van der Waals surface area contributed by atoms with Gasteiger partial charge in [0.05, 0.1) is 0 Å². The highest BCUT2D eigenvalue weighted by atomic mass is 79.9. The minimum atomic E-state index is -0.148. The van der Waals surface area contributed by atoms with Crippen molar-refractivity contribution in [1.82, 2.24) is 9.88 Å². The van der Waals surface area contributed by atoms with Gasteiger partial charge in [-0.2, -0.15) is 0 Å². The highest BCUT2D eigenvalue weighted by Crippen LogP contribution is 2.13. The van der Waals surface area contributed by atoms with Crippen LogP contribution in [0.3, 0.4) is 0 Å². The first kappa shape index (κ1) is 14.0. The molecule has 0 atom stereocenters. The second-order valence-electron chi connectivity index (χ2n) is 4.13. The fourth-order valence-electron chi connectivity index (χ4n) is 1.66. The summed E-state index contributed by atoms with van der Waals surface area (Å²) in [7, 11) is 1.74. The summed E-state index contributed by atoms with van der Waals surface area (Å²) in [5.74, 6) is -0.148. The lowest BCUT2D eigenvalue weighted by Crippen LogP contribution is -2.26. The quantitative estimate of drug-likeness (QED) is 0.798. The highest BCUT2D eigenvalue weighted by molar-refractivity contribution is 9.10. The van der Waals surface area contributed by atoms with E-state index >= 15 is 0 Å². The summed E-state index contributed by atoms with van der Waals surface area (Å²) in [6, 6.07) is 12.9. The second-order valence-corrected chi connectivity index (χ2v) is 5.44. The summed E-state index contributed by atoms with van der Waals surface area (Å²) in [5, 5.41) is 0.322. The maximum atomic E-state index is 12.2. The molecule has 0 unspecified atom stereocenters. The van der Waals surface area contributed by atoms with E-state index in [-0.39, 0.29) is 5.91 Å². The summed E-state index contributed by atoms with van der Waals surface area (Å²) in [5.41, 5.74) is 1.41. The van der Waals surface area contributed by atoms with Gasteiger partial charge in [-0.25, -0.2) is 4.98 Å². The van der Waals surface area contributed by atoms with Gasteiger partial charge in [-0.15, -0.1) is 0 Å². The van der Waals surface area contributed by atoms with Crippen molar-refractivity contribution in [2.24, 2.45) is 0 Å². The normalized spacial score (nSPS) is 10.3. The molecular weight excluding hydrogens is 328 g/mol. The van der Waals surface area contributed by atoms with Crippen molar-refractivity contribution in [3.05, 3.63) is 63.3 Å². The summed E-state index contributed by atoms with van der Waals surface area (Å²) >= 11 is 9.16. The molecule has 1 amide bonds. The van der Waals surface area contributed by atoms with Crippen LogP contribution < -0.4 is 0 Å². The first-order valence-electron chi connectivity index (χ1n) is 5.69. The molecule has 2 aromatic rings. The third-order valence-electron chi connectivity index (χ3n) is 2.61. The predicted octanol–water partition coefficient (Wildman–Crippen LogP) is 3.77. The van der Waals surface area contributed by atoms with Gasteiger partial charge < -0.3 is 4.90 Å². The van der Waals surface area contributed by atoms with Crippen molar-refractivity contribution < 1.29 is 4.79 Å². The Labute approximate surface area is 125 Å². The SMILES string of the molecule is CN(Cc1ccc(Br)cc1)C(=O)c1cccc(Cl)n1. The maximum absolute atomic E-state index is 12.2. The van der Waals surface area contributed by atoms with Gasteiger partial charge in [-0.05, 0) is 29.8 Å². The summed E-state index contributed by atoms with van der Waals surface area (Å²) in [6.07, 6.45) is 0. The fraction of sp³-hybridized carbons (Fsp3) is 0.143. The van der Waals surface area contributed by atoms with E-state index in [1.807, 2.05) is 24.3 Å². The van der Waals surface area contributed by atoms with Crippen LogP contribution in [0.1, 0.15) is 16.1 Å². The average molecular weight is 340 g/mol. The van der Waals surface area contributed by atoms with Crippen LogP contribution in [0, 0.1) is 0 Å². The van der Waals surface area contributed by atoms with E-state index in [2.05, 4.69) is 20.9 Å². The van der Waals surface area contributed by atoms with Gasteiger partial charge in [0.2, 0.25) is 0 Å². The number of aromatic nitrogens is 1. The van der Waals surface area contributed by atoms with E-state index in [9.17, 15) is 4.79 Å². The topological polar surface area (TPSA) is 33.2 Å². The van der Waals surface area contributed by atoms with Gasteiger partial charge in [-0.1, -0.05) is 45.7 Å². The summed E-state index contributed by atoms with van der Waals surface area (Å²) in [4.78, 5) is 17.8. The third-order valence-corrected chi connectivity index (χ3v) is 3.35. The molecule has 0 saturated carbocycles. The van der Waals surface area contributed by atoms with Crippen molar-refractivity contribution in [1.29, 1.82) is 0 Å². The Morgan fingerprint density at radius 2 is 1.95 bits per heavy atom. The smallest absolute Gasteiger partial charge is 0.272 e. The number of rotatable bonds is 3. The van der Waals surface area contributed by atoms with Crippen LogP contribution in [0.15, 0.2) is 46.9 Å². The van der Waals surface area contributed by atoms with Gasteiger partial charge in [-0.3, -0.25) is 4.79 Å². The van der Waals surface area contributed by atoms with Crippen molar-refractivity contribution in [3.63, 3.8) is 0 Å². The van der Waals surface area contributed by atoms with E-state index in [4.69, 9.17) is 11.6 Å². The molecule has 1 aromatic heterocycles. The number of carbonyl (C=O) groups is 1. The third kappa shape index (κ3) is 3.78. The number of pyridine rings is 1. The van der Waals surface area contributed by atoms with Crippen molar-refractivity contribution in [2.75, 3.05) is 7.05 Å². The van der Waals surface area contributed by atoms with E-state index in [1.165, 1.54) is 0 Å². The maximum Gasteiger partial charge on any atom is 0.272 e. The van der Waals surface area contributed by atoms with Crippen LogP contribution in [0.5, 0.6) is 0 Å². The number of hydrogen-bond donors (Lipinski definition) is 0. The molecule has 19 heavy (non-hydrogen) atoms. The lowest BCUT2D eigenvalue weighted by atomic mass is 10.2. The second kappa shape index (κ2) is 6.17. The molecule has 98 valence electrons. The Hall–Kier alpha value is -1.39. The zero-order valence-corrected chi connectivity index (χ0v) is 12.6. The molecule has 0 aliphatic rings. The summed E-state index contributed by atoms with van der Waals surface area (Å²) in [6.45, 7) is 0.528. The zero-order valence-electron chi connectivity index (χ0n) is 10.3. The molecule has 3 nitrogen and oxygen atoms in total. The standard InChI is InChI=1S/C14H12BrClN2O/c1-18(9-10-5-7-11(15)8-6-10)14(19)12-3-2-4-13(16)17-12/h2-8H,9H2,1H3. The molecule has 1 aromatic carbocycles. The monoisotopic (exact) mass is 338 g/mol. The number of nitrogens with zero attached hydrogens (tertiary/aromatic N) is 2. The Morgan fingerprint density at radius 1 is 1.26 bits per heavy atom. The molecule has 0 N–H and O–H groups in total. The van der Waals surface area contributed by atoms with Gasteiger partial charge in [0, 0.05) is 18.1 Å². The molecular formula is C14H12BrClN2O. The van der Waals surface area contributed by atoms with Crippen LogP contribution >= 0.6 is 27.5 Å². The Morgan fingerprint density at radius 3 is 2.58 bits per heavy atom. The van der Waals surface area contributed by atoms with Crippen LogP contribution in [0.25, 0.3) is 0 Å². The first-order chi connectivity index (χ1) is 9.06. The van der Waals surface area contributed by atoms with E-state index in [0.29, 0.717) is 17.4 Å². The van der Waals surface area contributed by atoms with Crippen molar-refractivity contribution in [2.45, 2.75) is 6.54 Å². The summed E-state index contributed by atoms with van der Waals surface area (Å²) < 4.78 is 1.02. The van der Waals surface area contributed by atoms with Crippen LogP contribution in [-0.2, 0) is 6.54 Å². The van der Waals surface area contributed by atoms with Gasteiger partial charge >= 0.3 is 0 Å². The molecule has 2 rings (SSSR count). The van der Waals surface area contributed by atoms with E-state index in [0.717, 1.165) is 10.0 Å². The lowest BCUT2D eigenvalue weighted by Gasteiger charge is -2.16. The minimum absolute atomic E-state index is 0.148. The Bertz CT molecular complexity index is 586. The molecule has 0 saturated heterocycles. The highest BCUT2D eigenvalue weighted by Gasteiger charge is 2.13. The molecule has 0 spiro atoms. The van der Waals surface area contributed by atoms with Gasteiger partial charge in [0.25, 0.3) is 5.91 Å². The van der Waals surface area contributed by atoms with Gasteiger partial charge in [0.1, 0.15) is 10.8 Å². The Balaban J connectivity index is 2.09. The van der Waals surface area contributed by atoms with Crippen molar-refractivity contribution >= 4 is 33.4 Å². The number of hydrogen-bond acceptors (Lipinski definition) is 2. The predicted molar refractivity (Wildman–Crippen MR) is 79.2 cm³/mol. The largest absolute Gasteiger partial charge is 0.336 e. The number of carbonyl (C=O) groups excluding carboxylic acids is 1. The molecule has 0 radical (unpaired) electrons. The van der Waals surface area contributed by atoms with E-state index < -0.39 is 0 Å². The molecule has 0 aliphatic carbocycles. The lowest BCUT2D eigenvalue weighted by molar-refractivity contribution is 0.0779. The molecule has 0 fully saturated rings. The number of amides is 1. The molecule has 1 heterocycles. The van der Waals surface area contributed by atoms with Crippen LogP contribution in [-0.4, -0.2) is 22.8 Å². The number of halogens is 2. The molecule has 0 bridgehead atoms. The van der Waals surface area contributed by atoms with Gasteiger partial charge in [0.15, 0.2) is 0 Å². The van der Waals surface area contributed by atoms with Crippen molar-refractivity contribution in [3.8, 4) is 0 Å². The molecule has 0 aliphatic heterocycles. The minimum Gasteiger partial charge on any atom is -0.336 e.